The average Bonchev–Trinajstić information content (AvgIpc) is 2.16. The molecule has 5 nitrogen and oxygen atoms in total. The van der Waals surface area contributed by atoms with E-state index in [0.717, 1.165) is 0 Å². The molecular weight excluding hydrogens is 208 g/mol. The molecule has 1 unspecified atom stereocenters. The Balaban J connectivity index is 2.51. The van der Waals surface area contributed by atoms with Gasteiger partial charge < -0.3 is 15.2 Å². The minimum atomic E-state index is -0.313. The summed E-state index contributed by atoms with van der Waals surface area (Å²) >= 11 is 0. The number of nitrogens with two attached hydrogens (primary N) is 1. The largest absolute Gasteiger partial charge is 0.376 e. The quantitative estimate of drug-likeness (QED) is 0.737. The van der Waals surface area contributed by atoms with Crippen LogP contribution in [0.4, 0.5) is 0 Å². The molecule has 1 atom stereocenters. The Labute approximate surface area is 96.9 Å². The Morgan fingerprint density at radius 3 is 2.56 bits per heavy atom. The molecule has 0 aromatic heterocycles. The first-order valence-corrected chi connectivity index (χ1v) is 5.62. The van der Waals surface area contributed by atoms with Crippen molar-refractivity contribution >= 4 is 5.91 Å². The highest BCUT2D eigenvalue weighted by Crippen LogP contribution is 2.15. The van der Waals surface area contributed by atoms with Crippen LogP contribution in [0.3, 0.4) is 0 Å². The zero-order valence-electron chi connectivity index (χ0n) is 10.4. The van der Waals surface area contributed by atoms with Crippen molar-refractivity contribution in [3.05, 3.63) is 0 Å². The van der Waals surface area contributed by atoms with Gasteiger partial charge in [-0.1, -0.05) is 0 Å². The highest BCUT2D eigenvalue weighted by Gasteiger charge is 2.27. The van der Waals surface area contributed by atoms with Gasteiger partial charge in [-0.05, 0) is 20.8 Å². The van der Waals surface area contributed by atoms with E-state index in [9.17, 15) is 4.79 Å². The average molecular weight is 230 g/mol. The third kappa shape index (κ3) is 4.47. The Hall–Kier alpha value is -0.650. The fraction of sp³-hybridized carbons (Fsp3) is 0.909. The molecule has 1 heterocycles. The molecule has 0 bridgehead atoms. The van der Waals surface area contributed by atoms with Crippen LogP contribution in [0.5, 0.6) is 0 Å². The first kappa shape index (κ1) is 13.4. The second-order valence-corrected chi connectivity index (χ2v) is 5.09. The summed E-state index contributed by atoms with van der Waals surface area (Å²) in [6.45, 7) is 8.96. The minimum Gasteiger partial charge on any atom is -0.376 e. The number of ether oxygens (including phenoxy) is 2. The van der Waals surface area contributed by atoms with Crippen molar-refractivity contribution in [1.29, 1.82) is 0 Å². The summed E-state index contributed by atoms with van der Waals surface area (Å²) < 4.78 is 10.9. The lowest BCUT2D eigenvalue weighted by molar-refractivity contribution is -0.125. The van der Waals surface area contributed by atoms with E-state index in [1.807, 2.05) is 4.90 Å². The van der Waals surface area contributed by atoms with Gasteiger partial charge in [0, 0.05) is 12.1 Å². The van der Waals surface area contributed by atoms with E-state index >= 15 is 0 Å². The molecule has 0 aromatic rings. The summed E-state index contributed by atoms with van der Waals surface area (Å²) in [5.41, 5.74) is 5.14. The van der Waals surface area contributed by atoms with Crippen LogP contribution in [0.15, 0.2) is 0 Å². The maximum Gasteiger partial charge on any atom is 0.231 e. The van der Waals surface area contributed by atoms with E-state index in [1.165, 1.54) is 0 Å². The van der Waals surface area contributed by atoms with E-state index in [0.29, 0.717) is 26.4 Å². The van der Waals surface area contributed by atoms with E-state index < -0.39 is 0 Å². The fourth-order valence-electron chi connectivity index (χ4n) is 1.65. The second kappa shape index (κ2) is 5.61. The SMILES string of the molecule is CC(C)(C)N(CC(N)=O)CC1COCCO1. The molecule has 0 aliphatic carbocycles. The third-order valence-electron chi connectivity index (χ3n) is 2.60. The number of amides is 1. The van der Waals surface area contributed by atoms with Crippen LogP contribution in [-0.2, 0) is 14.3 Å². The maximum absolute atomic E-state index is 11.0. The molecular formula is C11H22N2O3. The number of primary amides is 1. The second-order valence-electron chi connectivity index (χ2n) is 5.09. The van der Waals surface area contributed by atoms with Gasteiger partial charge >= 0.3 is 0 Å². The summed E-state index contributed by atoms with van der Waals surface area (Å²) in [5, 5.41) is 0. The van der Waals surface area contributed by atoms with Gasteiger partial charge in [0.2, 0.25) is 5.91 Å². The van der Waals surface area contributed by atoms with Crippen LogP contribution < -0.4 is 5.73 Å². The number of nitrogens with zero attached hydrogens (tertiary/aromatic N) is 1. The molecule has 1 aliphatic rings. The topological polar surface area (TPSA) is 64.8 Å². The van der Waals surface area contributed by atoms with Crippen LogP contribution in [0.1, 0.15) is 20.8 Å². The molecule has 0 aromatic carbocycles. The van der Waals surface area contributed by atoms with Gasteiger partial charge in [-0.2, -0.15) is 0 Å². The van der Waals surface area contributed by atoms with Crippen molar-refractivity contribution in [2.45, 2.75) is 32.4 Å². The van der Waals surface area contributed by atoms with Crippen molar-refractivity contribution in [1.82, 2.24) is 4.90 Å². The minimum absolute atomic E-state index is 0.0346. The van der Waals surface area contributed by atoms with Crippen LogP contribution in [0.25, 0.3) is 0 Å². The highest BCUT2D eigenvalue weighted by molar-refractivity contribution is 5.76. The highest BCUT2D eigenvalue weighted by atomic mass is 16.6. The zero-order valence-corrected chi connectivity index (χ0v) is 10.4. The Kier molecular flexibility index (Phi) is 4.70. The van der Waals surface area contributed by atoms with E-state index in [4.69, 9.17) is 15.2 Å². The summed E-state index contributed by atoms with van der Waals surface area (Å²) in [5.74, 6) is -0.313. The first-order chi connectivity index (χ1) is 7.39. The Morgan fingerprint density at radius 2 is 2.12 bits per heavy atom. The van der Waals surface area contributed by atoms with E-state index in [-0.39, 0.29) is 24.1 Å². The predicted octanol–water partition coefficient (Wildman–Crippen LogP) is -0.0124. The number of rotatable bonds is 4. The van der Waals surface area contributed by atoms with Crippen molar-refractivity contribution in [3.63, 3.8) is 0 Å². The van der Waals surface area contributed by atoms with Gasteiger partial charge in [-0.15, -0.1) is 0 Å². The van der Waals surface area contributed by atoms with Gasteiger partial charge in [-0.25, -0.2) is 0 Å². The molecule has 2 N–H and O–H groups in total. The summed E-state index contributed by atoms with van der Waals surface area (Å²) in [6.07, 6.45) is 0.0346. The van der Waals surface area contributed by atoms with Crippen molar-refractivity contribution < 1.29 is 14.3 Å². The molecule has 94 valence electrons. The predicted molar refractivity (Wildman–Crippen MR) is 61.1 cm³/mol. The van der Waals surface area contributed by atoms with E-state index in [2.05, 4.69) is 20.8 Å². The van der Waals surface area contributed by atoms with Crippen LogP contribution in [-0.4, -0.2) is 55.4 Å². The molecule has 1 rings (SSSR count). The van der Waals surface area contributed by atoms with Crippen LogP contribution in [0, 0.1) is 0 Å². The molecule has 1 amide bonds. The van der Waals surface area contributed by atoms with Gasteiger partial charge in [0.25, 0.3) is 0 Å². The molecule has 1 saturated heterocycles. The normalized spacial score (nSPS) is 22.4. The first-order valence-electron chi connectivity index (χ1n) is 5.62. The summed E-state index contributed by atoms with van der Waals surface area (Å²) in [6, 6.07) is 0. The molecule has 5 heteroatoms. The zero-order chi connectivity index (χ0) is 12.2. The van der Waals surface area contributed by atoms with Gasteiger partial charge in [0.05, 0.1) is 32.5 Å². The van der Waals surface area contributed by atoms with Crippen molar-refractivity contribution in [3.8, 4) is 0 Å². The smallest absolute Gasteiger partial charge is 0.231 e. The Bertz CT molecular complexity index is 232. The van der Waals surface area contributed by atoms with Gasteiger partial charge in [0.1, 0.15) is 0 Å². The molecule has 1 aliphatic heterocycles. The lowest BCUT2D eigenvalue weighted by atomic mass is 10.1. The number of carbonyl (C=O) groups is 1. The summed E-state index contributed by atoms with van der Waals surface area (Å²) in [4.78, 5) is 13.0. The summed E-state index contributed by atoms with van der Waals surface area (Å²) in [7, 11) is 0. The fourth-order valence-corrected chi connectivity index (χ4v) is 1.65. The van der Waals surface area contributed by atoms with Gasteiger partial charge in [-0.3, -0.25) is 9.69 Å². The van der Waals surface area contributed by atoms with Crippen molar-refractivity contribution in [2.24, 2.45) is 5.73 Å². The number of hydrogen-bond acceptors (Lipinski definition) is 4. The van der Waals surface area contributed by atoms with E-state index in [1.54, 1.807) is 0 Å². The lowest BCUT2D eigenvalue weighted by Crippen LogP contribution is -2.51. The molecule has 1 fully saturated rings. The van der Waals surface area contributed by atoms with Gasteiger partial charge in [0.15, 0.2) is 0 Å². The third-order valence-corrected chi connectivity index (χ3v) is 2.60. The molecule has 0 saturated carbocycles. The van der Waals surface area contributed by atoms with Crippen LogP contribution >= 0.6 is 0 Å². The van der Waals surface area contributed by atoms with Crippen molar-refractivity contribution in [2.75, 3.05) is 32.9 Å². The molecule has 0 spiro atoms. The Morgan fingerprint density at radius 1 is 1.44 bits per heavy atom. The molecule has 0 radical (unpaired) electrons. The lowest BCUT2D eigenvalue weighted by Gasteiger charge is -2.37. The number of hydrogen-bond donors (Lipinski definition) is 1. The standard InChI is InChI=1S/C11H22N2O3/c1-11(2,3)13(7-10(12)14)6-9-8-15-4-5-16-9/h9H,4-8H2,1-3H3,(H2,12,14). The number of carbonyl (C=O) groups excluding carboxylic acids is 1. The maximum atomic E-state index is 11.0. The monoisotopic (exact) mass is 230 g/mol. The van der Waals surface area contributed by atoms with Crippen LogP contribution in [0.2, 0.25) is 0 Å². The molecule has 16 heavy (non-hydrogen) atoms.